The number of fused-ring (bicyclic) bond motifs is 1. The Morgan fingerprint density at radius 3 is 2.44 bits per heavy atom. The van der Waals surface area contributed by atoms with E-state index in [-0.39, 0.29) is 10.7 Å². The smallest absolute Gasteiger partial charge is 0.173 e. The first-order valence-corrected chi connectivity index (χ1v) is 8.67. The maximum Gasteiger partial charge on any atom is 0.173 e. The zero-order valence-electron chi connectivity index (χ0n) is 7.73. The Morgan fingerprint density at radius 2 is 1.88 bits per heavy atom. The van der Waals surface area contributed by atoms with E-state index >= 15 is 0 Å². The molecule has 0 fully saturated rings. The molecule has 6 nitrogen and oxygen atoms in total. The van der Waals surface area contributed by atoms with Crippen molar-refractivity contribution in [3.05, 3.63) is 21.5 Å². The fraction of sp³-hybridized carbons (Fsp3) is 0.333. The molecular formula is C6H6N6S4. The van der Waals surface area contributed by atoms with Crippen molar-refractivity contribution in [2.75, 3.05) is 0 Å². The molecule has 0 aromatic rings. The van der Waals surface area contributed by atoms with Crippen LogP contribution < -0.4 is 11.5 Å². The van der Waals surface area contributed by atoms with Crippen LogP contribution in [0.15, 0.2) is 41.9 Å². The first kappa shape index (κ1) is 11.0. The Morgan fingerprint density at radius 1 is 1.12 bits per heavy atom. The molecule has 0 bridgehead atoms. The van der Waals surface area contributed by atoms with Crippen molar-refractivity contribution >= 4 is 43.2 Å². The molecule has 0 spiro atoms. The lowest BCUT2D eigenvalue weighted by Crippen LogP contribution is -2.20. The van der Waals surface area contributed by atoms with Crippen LogP contribution in [-0.4, -0.2) is 10.7 Å². The topological polar surface area (TPSA) is 101 Å². The van der Waals surface area contributed by atoms with Gasteiger partial charge in [0.25, 0.3) is 0 Å². The van der Waals surface area contributed by atoms with Crippen molar-refractivity contribution in [3.63, 3.8) is 0 Å². The highest BCUT2D eigenvalue weighted by Crippen LogP contribution is 2.53. The minimum Gasteiger partial charge on any atom is -0.398 e. The molecule has 3 aliphatic heterocycles. The van der Waals surface area contributed by atoms with Crippen LogP contribution in [0.5, 0.6) is 0 Å². The van der Waals surface area contributed by atoms with Crippen LogP contribution in [0.4, 0.5) is 0 Å². The van der Waals surface area contributed by atoms with E-state index in [4.69, 9.17) is 11.5 Å². The molecule has 3 heterocycles. The summed E-state index contributed by atoms with van der Waals surface area (Å²) in [7, 11) is 6.11. The lowest BCUT2D eigenvalue weighted by Gasteiger charge is -2.08. The molecule has 0 saturated heterocycles. The lowest BCUT2D eigenvalue weighted by molar-refractivity contribution is 0.795. The molecule has 0 radical (unpaired) electrons. The average molecular weight is 290 g/mol. The van der Waals surface area contributed by atoms with Crippen LogP contribution in [-0.2, 0) is 0 Å². The van der Waals surface area contributed by atoms with E-state index in [2.05, 4.69) is 20.5 Å². The van der Waals surface area contributed by atoms with Gasteiger partial charge >= 0.3 is 0 Å². The van der Waals surface area contributed by atoms with Crippen molar-refractivity contribution in [1.29, 1.82) is 0 Å². The quantitative estimate of drug-likeness (QED) is 0.598. The van der Waals surface area contributed by atoms with E-state index in [1.165, 1.54) is 21.6 Å². The van der Waals surface area contributed by atoms with E-state index in [1.54, 1.807) is 21.6 Å². The minimum absolute atomic E-state index is 0.151. The highest BCUT2D eigenvalue weighted by Gasteiger charge is 2.34. The molecule has 4 N–H and O–H groups in total. The van der Waals surface area contributed by atoms with Crippen molar-refractivity contribution in [3.8, 4) is 0 Å². The molecule has 10 heteroatoms. The monoisotopic (exact) mass is 290 g/mol. The van der Waals surface area contributed by atoms with E-state index < -0.39 is 0 Å². The number of hydrogen-bond acceptors (Lipinski definition) is 10. The average Bonchev–Trinajstić information content (AvgIpc) is 2.68. The summed E-state index contributed by atoms with van der Waals surface area (Å²) in [4.78, 5) is 0. The third-order valence-corrected chi connectivity index (χ3v) is 6.73. The first-order valence-electron chi connectivity index (χ1n) is 4.24. The van der Waals surface area contributed by atoms with Gasteiger partial charge in [0.05, 0.1) is 5.70 Å². The molecule has 0 amide bonds. The molecule has 2 unspecified atom stereocenters. The fourth-order valence-electron chi connectivity index (χ4n) is 1.06. The van der Waals surface area contributed by atoms with Crippen LogP contribution in [0.1, 0.15) is 0 Å². The maximum atomic E-state index is 5.77. The van der Waals surface area contributed by atoms with Crippen LogP contribution in [0.2, 0.25) is 0 Å². The summed E-state index contributed by atoms with van der Waals surface area (Å²) in [6.45, 7) is 0. The molecule has 0 aromatic heterocycles. The Hall–Kier alpha value is -0.160. The highest BCUT2D eigenvalue weighted by atomic mass is 33.1. The van der Waals surface area contributed by atoms with Gasteiger partial charge < -0.3 is 11.5 Å². The van der Waals surface area contributed by atoms with E-state index in [0.29, 0.717) is 10.7 Å². The van der Waals surface area contributed by atoms with Gasteiger partial charge in [0.2, 0.25) is 0 Å². The molecule has 3 aliphatic rings. The number of nitrogens with zero attached hydrogens (tertiary/aromatic N) is 4. The summed E-state index contributed by atoms with van der Waals surface area (Å²) in [5.41, 5.74) is 13.0. The summed E-state index contributed by atoms with van der Waals surface area (Å²) < 4.78 is 0. The standard InChI is InChI=1S/C6H6N6S4/c7-1-3(8)13-14-4(1)10-12-6-2-5(11-9-2)15-16-6/h3,5H,7-8H2. The third-order valence-electron chi connectivity index (χ3n) is 1.96. The summed E-state index contributed by atoms with van der Waals surface area (Å²) in [5, 5.41) is 17.6. The van der Waals surface area contributed by atoms with Crippen LogP contribution in [0, 0.1) is 0 Å². The van der Waals surface area contributed by atoms with E-state index in [0.717, 1.165) is 10.7 Å². The van der Waals surface area contributed by atoms with Crippen LogP contribution >= 0.6 is 43.2 Å². The number of rotatable bonds is 2. The summed E-state index contributed by atoms with van der Waals surface area (Å²) in [6.07, 6.45) is 0. The van der Waals surface area contributed by atoms with Crippen molar-refractivity contribution in [1.82, 2.24) is 0 Å². The van der Waals surface area contributed by atoms with Crippen molar-refractivity contribution < 1.29 is 0 Å². The zero-order chi connectivity index (χ0) is 11.1. The number of nitrogens with two attached hydrogens (primary N) is 2. The number of hydrogen-bond donors (Lipinski definition) is 2. The Balaban J connectivity index is 1.79. The highest BCUT2D eigenvalue weighted by molar-refractivity contribution is 8.79. The zero-order valence-corrected chi connectivity index (χ0v) is 11.0. The molecule has 84 valence electrons. The van der Waals surface area contributed by atoms with Gasteiger partial charge in [-0.25, -0.2) is 0 Å². The molecular weight excluding hydrogens is 284 g/mol. The second kappa shape index (κ2) is 4.26. The summed E-state index contributed by atoms with van der Waals surface area (Å²) in [6, 6.07) is 0. The Kier molecular flexibility index (Phi) is 2.92. The van der Waals surface area contributed by atoms with Gasteiger partial charge in [0, 0.05) is 0 Å². The van der Waals surface area contributed by atoms with E-state index in [1.807, 2.05) is 0 Å². The van der Waals surface area contributed by atoms with Gasteiger partial charge in [-0.3, -0.25) is 0 Å². The van der Waals surface area contributed by atoms with Gasteiger partial charge in [0.15, 0.2) is 15.4 Å². The Bertz CT molecular complexity index is 454. The second-order valence-corrected chi connectivity index (χ2v) is 7.60. The Labute approximate surface area is 107 Å². The van der Waals surface area contributed by atoms with Gasteiger partial charge in [-0.1, -0.05) is 21.6 Å². The fourth-order valence-corrected chi connectivity index (χ4v) is 5.32. The molecule has 0 saturated carbocycles. The first-order chi connectivity index (χ1) is 7.75. The predicted octanol–water partition coefficient (Wildman–Crippen LogP) is 2.60. The SMILES string of the molecule is NC1=C(N=NC2=C3N=NC3SS2)SSC1N. The van der Waals surface area contributed by atoms with Gasteiger partial charge in [0.1, 0.15) is 11.1 Å². The van der Waals surface area contributed by atoms with E-state index in [9.17, 15) is 0 Å². The normalized spacial score (nSPS) is 32.8. The van der Waals surface area contributed by atoms with Gasteiger partial charge in [-0.15, -0.1) is 10.2 Å². The third kappa shape index (κ3) is 1.78. The molecule has 3 rings (SSSR count). The molecule has 0 aliphatic carbocycles. The largest absolute Gasteiger partial charge is 0.398 e. The molecule has 0 aromatic carbocycles. The van der Waals surface area contributed by atoms with Crippen LogP contribution in [0.3, 0.4) is 0 Å². The summed E-state index contributed by atoms with van der Waals surface area (Å²) in [5.74, 6) is 0. The maximum absolute atomic E-state index is 5.77. The predicted molar refractivity (Wildman–Crippen MR) is 70.1 cm³/mol. The minimum atomic E-state index is -0.182. The van der Waals surface area contributed by atoms with Gasteiger partial charge in [-0.05, 0) is 21.6 Å². The van der Waals surface area contributed by atoms with Crippen molar-refractivity contribution in [2.24, 2.45) is 31.9 Å². The second-order valence-electron chi connectivity index (χ2n) is 3.00. The number of azo groups is 2. The van der Waals surface area contributed by atoms with Crippen molar-refractivity contribution in [2.45, 2.75) is 10.7 Å². The molecule has 16 heavy (non-hydrogen) atoms. The summed E-state index contributed by atoms with van der Waals surface area (Å²) >= 11 is 0. The van der Waals surface area contributed by atoms with Gasteiger partial charge in [-0.2, -0.15) is 10.2 Å². The van der Waals surface area contributed by atoms with Crippen LogP contribution in [0.25, 0.3) is 0 Å². The molecule has 2 atom stereocenters. The lowest BCUT2D eigenvalue weighted by atomic mass is 10.4.